The second-order valence-electron chi connectivity index (χ2n) is 10.9. The highest BCUT2D eigenvalue weighted by atomic mass is 32.1. The Kier molecular flexibility index (Phi) is 4.54. The standard InChI is InChI=1S/C37H20N4OS/c1-4-12-29-23(9-1)28-18-21-15-16-25-24-10-2-5-13-31(24)42-35(25)27(21)19-30(28)41(29)37-39-33(22-8-7-17-38-20-22)36-34(40-37)26-11-3-6-14-32(26)43-36/h1-20H. The van der Waals surface area contributed by atoms with Crippen LogP contribution in [-0.2, 0) is 0 Å². The van der Waals surface area contributed by atoms with Crippen molar-refractivity contribution in [3.63, 3.8) is 0 Å². The van der Waals surface area contributed by atoms with Gasteiger partial charge in [0.25, 0.3) is 0 Å². The van der Waals surface area contributed by atoms with Gasteiger partial charge in [-0.25, -0.2) is 9.97 Å². The highest BCUT2D eigenvalue weighted by Crippen LogP contribution is 2.41. The van der Waals surface area contributed by atoms with Crippen LogP contribution in [0.3, 0.4) is 0 Å². The van der Waals surface area contributed by atoms with Gasteiger partial charge in [0, 0.05) is 55.0 Å². The number of benzene rings is 5. The van der Waals surface area contributed by atoms with Crippen LogP contribution >= 0.6 is 11.3 Å². The molecule has 0 amide bonds. The zero-order chi connectivity index (χ0) is 28.1. The Morgan fingerprint density at radius 3 is 2.37 bits per heavy atom. The zero-order valence-corrected chi connectivity index (χ0v) is 23.5. The van der Waals surface area contributed by atoms with E-state index < -0.39 is 0 Å². The van der Waals surface area contributed by atoms with Gasteiger partial charge in [-0.3, -0.25) is 9.55 Å². The monoisotopic (exact) mass is 568 g/mol. The Bertz CT molecular complexity index is 2740. The summed E-state index contributed by atoms with van der Waals surface area (Å²) in [6, 6.07) is 38.1. The molecule has 0 bridgehead atoms. The van der Waals surface area contributed by atoms with Crippen molar-refractivity contribution < 1.29 is 4.42 Å². The van der Waals surface area contributed by atoms with Crippen LogP contribution in [0.2, 0.25) is 0 Å². The van der Waals surface area contributed by atoms with Crippen molar-refractivity contribution >= 4 is 86.2 Å². The Morgan fingerprint density at radius 2 is 1.47 bits per heavy atom. The molecule has 0 saturated carbocycles. The topological polar surface area (TPSA) is 56.7 Å². The number of nitrogens with zero attached hydrogens (tertiary/aromatic N) is 4. The predicted octanol–water partition coefficient (Wildman–Crippen LogP) is 10.1. The van der Waals surface area contributed by atoms with Crippen LogP contribution in [0.4, 0.5) is 0 Å². The van der Waals surface area contributed by atoms with Gasteiger partial charge in [0.15, 0.2) is 0 Å². The highest BCUT2D eigenvalue weighted by molar-refractivity contribution is 7.26. The molecule has 5 aromatic heterocycles. The molecule has 0 fully saturated rings. The van der Waals surface area contributed by atoms with Crippen LogP contribution < -0.4 is 0 Å². The van der Waals surface area contributed by atoms with Crippen LogP contribution in [0.25, 0.3) is 92.0 Å². The zero-order valence-electron chi connectivity index (χ0n) is 22.7. The normalized spacial score (nSPS) is 12.2. The smallest absolute Gasteiger partial charge is 0.235 e. The largest absolute Gasteiger partial charge is 0.455 e. The van der Waals surface area contributed by atoms with E-state index in [0.717, 1.165) is 81.4 Å². The second-order valence-corrected chi connectivity index (χ2v) is 11.9. The SMILES string of the molecule is c1cncc(-c2nc(-n3c4ccccc4c4cc5ccc6c7ccccc7oc6c5cc43)nc3c2sc2ccccc23)c1. The Balaban J connectivity index is 1.37. The van der Waals surface area contributed by atoms with Crippen molar-refractivity contribution in [2.45, 2.75) is 0 Å². The van der Waals surface area contributed by atoms with E-state index in [0.29, 0.717) is 5.95 Å². The van der Waals surface area contributed by atoms with E-state index in [4.69, 9.17) is 14.4 Å². The van der Waals surface area contributed by atoms with Gasteiger partial charge < -0.3 is 4.42 Å². The summed E-state index contributed by atoms with van der Waals surface area (Å²) in [5.41, 5.74) is 6.70. The van der Waals surface area contributed by atoms with Crippen molar-refractivity contribution in [3.8, 4) is 17.2 Å². The van der Waals surface area contributed by atoms with Gasteiger partial charge >= 0.3 is 0 Å². The first-order valence-electron chi connectivity index (χ1n) is 14.2. The maximum atomic E-state index is 6.46. The summed E-state index contributed by atoms with van der Waals surface area (Å²) < 4.78 is 10.9. The molecule has 0 spiro atoms. The van der Waals surface area contributed by atoms with Gasteiger partial charge in [0.2, 0.25) is 5.95 Å². The lowest BCUT2D eigenvalue weighted by Gasteiger charge is -2.10. The lowest BCUT2D eigenvalue weighted by Crippen LogP contribution is -2.02. The second kappa shape index (κ2) is 8.47. The molecule has 10 aromatic rings. The Labute approximate surface area is 248 Å². The summed E-state index contributed by atoms with van der Waals surface area (Å²) in [7, 11) is 0. The molecule has 0 unspecified atom stereocenters. The van der Waals surface area contributed by atoms with E-state index >= 15 is 0 Å². The van der Waals surface area contributed by atoms with Gasteiger partial charge in [-0.15, -0.1) is 11.3 Å². The Hall–Kier alpha value is -5.59. The van der Waals surface area contributed by atoms with Crippen LogP contribution in [0.15, 0.2) is 126 Å². The third-order valence-electron chi connectivity index (χ3n) is 8.49. The first-order chi connectivity index (χ1) is 21.3. The van der Waals surface area contributed by atoms with E-state index in [9.17, 15) is 0 Å². The van der Waals surface area contributed by atoms with Crippen LogP contribution in [0.5, 0.6) is 0 Å². The molecule has 0 radical (unpaired) electrons. The molecule has 0 atom stereocenters. The molecule has 6 heteroatoms. The number of furan rings is 1. The number of hydrogen-bond acceptors (Lipinski definition) is 5. The van der Waals surface area contributed by atoms with E-state index in [1.165, 1.54) is 4.70 Å². The molecule has 5 heterocycles. The maximum Gasteiger partial charge on any atom is 0.235 e. The van der Waals surface area contributed by atoms with E-state index in [1.807, 2.05) is 24.4 Å². The number of fused-ring (bicyclic) bond motifs is 11. The van der Waals surface area contributed by atoms with Crippen LogP contribution in [-0.4, -0.2) is 19.5 Å². The lowest BCUT2D eigenvalue weighted by molar-refractivity contribution is 0.672. The molecular weight excluding hydrogens is 549 g/mol. The van der Waals surface area contributed by atoms with Crippen molar-refractivity contribution in [1.29, 1.82) is 0 Å². The average Bonchev–Trinajstić information content (AvgIpc) is 3.73. The van der Waals surface area contributed by atoms with E-state index in [-0.39, 0.29) is 0 Å². The molecule has 0 aliphatic carbocycles. The summed E-state index contributed by atoms with van der Waals surface area (Å²) >= 11 is 1.73. The minimum atomic E-state index is 0.636. The van der Waals surface area contributed by atoms with Crippen molar-refractivity contribution in [1.82, 2.24) is 19.5 Å². The van der Waals surface area contributed by atoms with E-state index in [1.54, 1.807) is 17.5 Å². The summed E-state index contributed by atoms with van der Waals surface area (Å²) in [6.45, 7) is 0. The molecule has 10 rings (SSSR count). The fourth-order valence-corrected chi connectivity index (χ4v) is 7.72. The lowest BCUT2D eigenvalue weighted by atomic mass is 10.0. The number of rotatable bonds is 2. The quantitative estimate of drug-likeness (QED) is 0.208. The average molecular weight is 569 g/mol. The molecule has 5 aromatic carbocycles. The number of aromatic nitrogens is 4. The van der Waals surface area contributed by atoms with Crippen molar-refractivity contribution in [3.05, 3.63) is 122 Å². The fourth-order valence-electron chi connectivity index (χ4n) is 6.56. The van der Waals surface area contributed by atoms with E-state index in [2.05, 4.69) is 101 Å². The molecular formula is C37H20N4OS. The number of pyridine rings is 1. The van der Waals surface area contributed by atoms with Crippen molar-refractivity contribution in [2.24, 2.45) is 0 Å². The molecule has 0 N–H and O–H groups in total. The summed E-state index contributed by atoms with van der Waals surface area (Å²) in [5.74, 6) is 0.636. The molecule has 0 aliphatic rings. The molecule has 43 heavy (non-hydrogen) atoms. The number of hydrogen-bond donors (Lipinski definition) is 0. The third kappa shape index (κ3) is 3.18. The minimum absolute atomic E-state index is 0.636. The van der Waals surface area contributed by atoms with Gasteiger partial charge in [0.1, 0.15) is 11.2 Å². The van der Waals surface area contributed by atoms with Crippen LogP contribution in [0.1, 0.15) is 0 Å². The third-order valence-corrected chi connectivity index (χ3v) is 9.66. The fraction of sp³-hybridized carbons (Fsp3) is 0. The highest BCUT2D eigenvalue weighted by Gasteiger charge is 2.21. The predicted molar refractivity (Wildman–Crippen MR) is 177 cm³/mol. The molecule has 200 valence electrons. The van der Waals surface area contributed by atoms with Gasteiger partial charge in [-0.2, -0.15) is 0 Å². The molecule has 0 aliphatic heterocycles. The minimum Gasteiger partial charge on any atom is -0.455 e. The van der Waals surface area contributed by atoms with Gasteiger partial charge in [0.05, 0.1) is 26.9 Å². The summed E-state index contributed by atoms with van der Waals surface area (Å²) in [4.78, 5) is 15.0. The summed E-state index contributed by atoms with van der Waals surface area (Å²) in [6.07, 6.45) is 3.68. The Morgan fingerprint density at radius 1 is 0.628 bits per heavy atom. The van der Waals surface area contributed by atoms with Crippen molar-refractivity contribution in [2.75, 3.05) is 0 Å². The molecule has 0 saturated heterocycles. The van der Waals surface area contributed by atoms with Gasteiger partial charge in [-0.05, 0) is 53.9 Å². The first-order valence-corrected chi connectivity index (χ1v) is 15.0. The first kappa shape index (κ1) is 23.0. The number of para-hydroxylation sites is 2. The summed E-state index contributed by atoms with van der Waals surface area (Å²) in [5, 5.41) is 7.89. The van der Waals surface area contributed by atoms with Gasteiger partial charge in [-0.1, -0.05) is 60.7 Å². The number of thiophene rings is 1. The molecule has 5 nitrogen and oxygen atoms in total. The maximum absolute atomic E-state index is 6.46. The van der Waals surface area contributed by atoms with Crippen LogP contribution in [0, 0.1) is 0 Å².